The fraction of sp³-hybridized carbons (Fsp3) is 0.111. The Balaban J connectivity index is 1.63. The van der Waals surface area contributed by atoms with Crippen LogP contribution in [0.1, 0.15) is 11.1 Å². The van der Waals surface area contributed by atoms with Crippen LogP contribution in [-0.2, 0) is 21.4 Å². The molecule has 0 bridgehead atoms. The molecular formula is C27H24N2O5S2. The molecule has 1 heterocycles. The molecule has 1 saturated heterocycles. The van der Waals surface area contributed by atoms with Crippen LogP contribution in [0.15, 0.2) is 106 Å². The van der Waals surface area contributed by atoms with Crippen molar-refractivity contribution in [1.82, 2.24) is 4.90 Å². The number of ether oxygens (including phenoxy) is 2. The van der Waals surface area contributed by atoms with Crippen molar-refractivity contribution in [2.45, 2.75) is 11.5 Å². The Morgan fingerprint density at radius 1 is 1.00 bits per heavy atom. The van der Waals surface area contributed by atoms with Gasteiger partial charge in [-0.15, -0.1) is 11.0 Å². The van der Waals surface area contributed by atoms with E-state index in [0.717, 1.165) is 17.3 Å². The van der Waals surface area contributed by atoms with Crippen molar-refractivity contribution in [1.29, 1.82) is 0 Å². The van der Waals surface area contributed by atoms with Crippen LogP contribution in [0.25, 0.3) is 6.08 Å². The van der Waals surface area contributed by atoms with Gasteiger partial charge in [-0.2, -0.15) is 8.42 Å². The Labute approximate surface area is 214 Å². The summed E-state index contributed by atoms with van der Waals surface area (Å²) in [4.78, 5) is 14.8. The molecule has 0 aromatic heterocycles. The number of hydrogen-bond acceptors (Lipinski definition) is 6. The summed E-state index contributed by atoms with van der Waals surface area (Å²) in [7, 11) is -2.43. The molecule has 36 heavy (non-hydrogen) atoms. The fourth-order valence-electron chi connectivity index (χ4n) is 3.40. The van der Waals surface area contributed by atoms with E-state index < -0.39 is 10.0 Å². The second-order valence-corrected chi connectivity index (χ2v) is 10.3. The molecule has 0 radical (unpaired) electrons. The molecule has 1 fully saturated rings. The number of rotatable bonds is 9. The van der Waals surface area contributed by atoms with E-state index in [9.17, 15) is 13.2 Å². The zero-order chi connectivity index (χ0) is 25.5. The number of amides is 1. The van der Waals surface area contributed by atoms with Crippen molar-refractivity contribution in [2.24, 2.45) is 4.40 Å². The predicted octanol–water partition coefficient (Wildman–Crippen LogP) is 5.12. The number of amidine groups is 1. The largest absolute Gasteiger partial charge is 0.493 e. The van der Waals surface area contributed by atoms with E-state index in [1.54, 1.807) is 49.6 Å². The Morgan fingerprint density at radius 2 is 1.69 bits per heavy atom. The fourth-order valence-corrected chi connectivity index (χ4v) is 5.61. The van der Waals surface area contributed by atoms with E-state index in [4.69, 9.17) is 9.47 Å². The molecule has 0 atom stereocenters. The lowest BCUT2D eigenvalue weighted by Crippen LogP contribution is -2.29. The van der Waals surface area contributed by atoms with Crippen molar-refractivity contribution in [3.8, 4) is 11.5 Å². The Bertz CT molecular complexity index is 1420. The zero-order valence-electron chi connectivity index (χ0n) is 19.5. The highest BCUT2D eigenvalue weighted by Gasteiger charge is 2.34. The van der Waals surface area contributed by atoms with Gasteiger partial charge in [-0.3, -0.25) is 9.69 Å². The number of methoxy groups -OCH3 is 1. The molecule has 1 amide bonds. The molecule has 3 aromatic carbocycles. The van der Waals surface area contributed by atoms with Crippen LogP contribution in [0.2, 0.25) is 0 Å². The number of carbonyl (C=O) groups excluding carboxylic acids is 1. The maximum absolute atomic E-state index is 13.1. The first-order valence-corrected chi connectivity index (χ1v) is 13.2. The van der Waals surface area contributed by atoms with Gasteiger partial charge in [-0.05, 0) is 53.2 Å². The summed E-state index contributed by atoms with van der Waals surface area (Å²) in [6.45, 7) is 4.15. The molecule has 1 aliphatic rings. The highest BCUT2D eigenvalue weighted by molar-refractivity contribution is 8.19. The molecule has 0 spiro atoms. The van der Waals surface area contributed by atoms with E-state index in [-0.39, 0.29) is 22.5 Å². The van der Waals surface area contributed by atoms with Crippen molar-refractivity contribution in [3.63, 3.8) is 0 Å². The van der Waals surface area contributed by atoms with E-state index in [1.807, 2.05) is 30.3 Å². The maximum Gasteiger partial charge on any atom is 0.284 e. The van der Waals surface area contributed by atoms with Gasteiger partial charge in [0.15, 0.2) is 16.7 Å². The van der Waals surface area contributed by atoms with Gasteiger partial charge in [0.1, 0.15) is 6.61 Å². The second-order valence-electron chi connectivity index (χ2n) is 7.66. The van der Waals surface area contributed by atoms with Gasteiger partial charge in [0, 0.05) is 6.54 Å². The molecule has 4 rings (SSSR count). The lowest BCUT2D eigenvalue weighted by molar-refractivity contribution is -0.121. The van der Waals surface area contributed by atoms with Gasteiger partial charge in [-0.25, -0.2) is 0 Å². The third-order valence-corrected chi connectivity index (χ3v) is 7.57. The Kier molecular flexibility index (Phi) is 7.92. The number of hydrogen-bond donors (Lipinski definition) is 0. The molecule has 1 aliphatic heterocycles. The van der Waals surface area contributed by atoms with Gasteiger partial charge in [0.25, 0.3) is 15.9 Å². The maximum atomic E-state index is 13.1. The lowest BCUT2D eigenvalue weighted by Gasteiger charge is -2.12. The molecule has 184 valence electrons. The Hall–Kier alpha value is -3.82. The third kappa shape index (κ3) is 5.87. The van der Waals surface area contributed by atoms with E-state index in [1.165, 1.54) is 23.1 Å². The lowest BCUT2D eigenvalue weighted by atomic mass is 10.1. The Morgan fingerprint density at radius 3 is 2.36 bits per heavy atom. The number of sulfonamides is 1. The van der Waals surface area contributed by atoms with Gasteiger partial charge < -0.3 is 9.47 Å². The molecule has 0 unspecified atom stereocenters. The monoisotopic (exact) mass is 520 g/mol. The molecule has 7 nitrogen and oxygen atoms in total. The smallest absolute Gasteiger partial charge is 0.284 e. The minimum atomic E-state index is -3.99. The second kappa shape index (κ2) is 11.3. The SMILES string of the molecule is C=CCN1C(=O)/C(=C/c2ccc(OC)c(OCc3ccccc3)c2)S/C1=N/S(=O)(=O)c1ccccc1. The number of carbonyl (C=O) groups is 1. The zero-order valence-corrected chi connectivity index (χ0v) is 21.2. The van der Waals surface area contributed by atoms with Crippen LogP contribution in [0, 0.1) is 0 Å². The number of benzene rings is 3. The van der Waals surface area contributed by atoms with Crippen LogP contribution in [-0.4, -0.2) is 38.0 Å². The summed E-state index contributed by atoms with van der Waals surface area (Å²) < 4.78 is 40.9. The van der Waals surface area contributed by atoms with Crippen molar-refractivity contribution < 1.29 is 22.7 Å². The van der Waals surface area contributed by atoms with Gasteiger partial charge >= 0.3 is 0 Å². The van der Waals surface area contributed by atoms with Crippen molar-refractivity contribution in [2.75, 3.05) is 13.7 Å². The van der Waals surface area contributed by atoms with E-state index >= 15 is 0 Å². The van der Waals surface area contributed by atoms with Crippen LogP contribution in [0.4, 0.5) is 0 Å². The van der Waals surface area contributed by atoms with Crippen molar-refractivity contribution in [3.05, 3.63) is 108 Å². The molecular weight excluding hydrogens is 496 g/mol. The summed E-state index contributed by atoms with van der Waals surface area (Å²) >= 11 is 0.998. The topological polar surface area (TPSA) is 85.3 Å². The van der Waals surface area contributed by atoms with Gasteiger partial charge in [0.2, 0.25) is 0 Å². The summed E-state index contributed by atoms with van der Waals surface area (Å²) in [6.07, 6.45) is 3.20. The first-order chi connectivity index (χ1) is 17.4. The highest BCUT2D eigenvalue weighted by Crippen LogP contribution is 2.35. The van der Waals surface area contributed by atoms with Gasteiger partial charge in [0.05, 0.1) is 16.9 Å². The third-order valence-electron chi connectivity index (χ3n) is 5.16. The summed E-state index contributed by atoms with van der Waals surface area (Å²) in [5.74, 6) is 0.724. The van der Waals surface area contributed by atoms with Crippen molar-refractivity contribution >= 4 is 38.9 Å². The first kappa shape index (κ1) is 25.3. The van der Waals surface area contributed by atoms with Crippen LogP contribution >= 0.6 is 11.8 Å². The summed E-state index contributed by atoms with van der Waals surface area (Å²) in [5.41, 5.74) is 1.70. The summed E-state index contributed by atoms with van der Waals surface area (Å²) in [6, 6.07) is 22.9. The molecule has 0 saturated carbocycles. The van der Waals surface area contributed by atoms with Crippen LogP contribution in [0.5, 0.6) is 11.5 Å². The van der Waals surface area contributed by atoms with Gasteiger partial charge in [-0.1, -0.05) is 60.7 Å². The van der Waals surface area contributed by atoms with Crippen LogP contribution in [0.3, 0.4) is 0 Å². The van der Waals surface area contributed by atoms with E-state index in [0.29, 0.717) is 28.6 Å². The van der Waals surface area contributed by atoms with Crippen LogP contribution < -0.4 is 9.47 Å². The average molecular weight is 521 g/mol. The number of nitrogens with zero attached hydrogens (tertiary/aromatic N) is 2. The summed E-state index contributed by atoms with van der Waals surface area (Å²) in [5, 5.41) is 0.0732. The molecule has 3 aromatic rings. The molecule has 9 heteroatoms. The predicted molar refractivity (Wildman–Crippen MR) is 142 cm³/mol. The molecule has 0 N–H and O–H groups in total. The molecule has 0 aliphatic carbocycles. The minimum Gasteiger partial charge on any atom is -0.493 e. The minimum absolute atomic E-state index is 0.0527. The quantitative estimate of drug-likeness (QED) is 0.288. The standard InChI is InChI=1S/C27H24N2O5S2/c1-3-16-29-26(30)25(35-27(29)28-36(31,32)22-12-8-5-9-13-22)18-21-14-15-23(33-2)24(17-21)34-19-20-10-6-4-7-11-20/h3-15,17-18H,1,16,19H2,2H3/b25-18-,28-27+. The number of thioether (sulfide) groups is 1. The first-order valence-electron chi connectivity index (χ1n) is 11.0. The van der Waals surface area contributed by atoms with E-state index in [2.05, 4.69) is 11.0 Å². The highest BCUT2D eigenvalue weighted by atomic mass is 32.2. The normalized spacial score (nSPS) is 15.9. The average Bonchev–Trinajstić information content (AvgIpc) is 3.17.